The van der Waals surface area contributed by atoms with Gasteiger partial charge >= 0.3 is 0 Å². The lowest BCUT2D eigenvalue weighted by atomic mass is 10.0. The molecule has 3 aromatic rings. The first kappa shape index (κ1) is 22.5. The van der Waals surface area contributed by atoms with Gasteiger partial charge in [0.25, 0.3) is 0 Å². The van der Waals surface area contributed by atoms with Gasteiger partial charge in [0.15, 0.2) is 0 Å². The van der Waals surface area contributed by atoms with Crippen molar-refractivity contribution in [2.45, 2.75) is 12.5 Å². The number of piperazine rings is 1. The summed E-state index contributed by atoms with van der Waals surface area (Å²) in [6.45, 7) is 1.84. The fraction of sp³-hybridized carbons (Fsp3) is 0.208. The van der Waals surface area contributed by atoms with Crippen molar-refractivity contribution in [1.29, 1.82) is 0 Å². The second kappa shape index (κ2) is 9.83. The van der Waals surface area contributed by atoms with Crippen LogP contribution in [0.2, 0.25) is 15.1 Å². The first-order valence-electron chi connectivity index (χ1n) is 9.90. The van der Waals surface area contributed by atoms with E-state index in [1.165, 1.54) is 0 Å². The minimum absolute atomic E-state index is 0.0483. The number of benzene rings is 3. The highest BCUT2D eigenvalue weighted by molar-refractivity contribution is 9.10. The van der Waals surface area contributed by atoms with Gasteiger partial charge in [0.2, 0.25) is 5.91 Å². The molecule has 0 aliphatic carbocycles. The zero-order valence-electron chi connectivity index (χ0n) is 16.6. The molecule has 1 unspecified atom stereocenters. The maximum Gasteiger partial charge on any atom is 0.227 e. The first-order chi connectivity index (χ1) is 14.9. The fourth-order valence-corrected chi connectivity index (χ4v) is 4.97. The molecule has 3 nitrogen and oxygen atoms in total. The van der Waals surface area contributed by atoms with E-state index in [1.54, 1.807) is 6.07 Å². The topological polar surface area (TPSA) is 23.6 Å². The Morgan fingerprint density at radius 3 is 2.35 bits per heavy atom. The Morgan fingerprint density at radius 2 is 1.65 bits per heavy atom. The van der Waals surface area contributed by atoms with E-state index < -0.39 is 0 Å². The molecule has 7 heteroatoms. The van der Waals surface area contributed by atoms with Crippen LogP contribution in [0.1, 0.15) is 17.2 Å². The van der Waals surface area contributed by atoms with Crippen LogP contribution >= 0.6 is 50.7 Å². The Hall–Kier alpha value is -1.72. The summed E-state index contributed by atoms with van der Waals surface area (Å²) in [7, 11) is 0. The van der Waals surface area contributed by atoms with Crippen molar-refractivity contribution in [2.24, 2.45) is 0 Å². The van der Waals surface area contributed by atoms with E-state index in [9.17, 15) is 4.79 Å². The number of nitrogens with zero attached hydrogens (tertiary/aromatic N) is 2. The SMILES string of the molecule is O=C(Cc1ccccc1Br)N1CCN(c2ccc(Cl)cc2Cl)C(c2ccc(Cl)cc2)C1. The molecule has 3 aromatic carbocycles. The number of rotatable bonds is 4. The molecule has 0 N–H and O–H groups in total. The zero-order valence-corrected chi connectivity index (χ0v) is 20.4. The van der Waals surface area contributed by atoms with E-state index in [2.05, 4.69) is 20.8 Å². The number of amides is 1. The molecule has 1 aliphatic rings. The summed E-state index contributed by atoms with van der Waals surface area (Å²) in [4.78, 5) is 17.3. The minimum Gasteiger partial charge on any atom is -0.360 e. The lowest BCUT2D eigenvalue weighted by Gasteiger charge is -2.43. The molecular weight excluding hydrogens is 519 g/mol. The molecule has 0 aromatic heterocycles. The van der Waals surface area contributed by atoms with Crippen molar-refractivity contribution in [3.8, 4) is 0 Å². The van der Waals surface area contributed by atoms with Gasteiger partial charge in [-0.05, 0) is 47.5 Å². The van der Waals surface area contributed by atoms with E-state index in [4.69, 9.17) is 34.8 Å². The third-order valence-corrected chi connectivity index (χ3v) is 7.07. The molecule has 1 amide bonds. The molecule has 0 radical (unpaired) electrons. The lowest BCUT2D eigenvalue weighted by molar-refractivity contribution is -0.131. The quantitative estimate of drug-likeness (QED) is 0.356. The number of hydrogen-bond acceptors (Lipinski definition) is 2. The van der Waals surface area contributed by atoms with Crippen LogP contribution in [-0.2, 0) is 11.2 Å². The largest absolute Gasteiger partial charge is 0.360 e. The van der Waals surface area contributed by atoms with Crippen molar-refractivity contribution < 1.29 is 4.79 Å². The fourth-order valence-electron chi connectivity index (χ4n) is 3.90. The molecule has 1 atom stereocenters. The van der Waals surface area contributed by atoms with Crippen molar-refractivity contribution in [2.75, 3.05) is 24.5 Å². The highest BCUT2D eigenvalue weighted by atomic mass is 79.9. The van der Waals surface area contributed by atoms with Crippen molar-refractivity contribution >= 4 is 62.3 Å². The van der Waals surface area contributed by atoms with Crippen molar-refractivity contribution in [3.05, 3.63) is 97.4 Å². The summed E-state index contributed by atoms with van der Waals surface area (Å²) in [6.07, 6.45) is 0.358. The molecule has 31 heavy (non-hydrogen) atoms. The Kier molecular flexibility index (Phi) is 7.12. The number of anilines is 1. The van der Waals surface area contributed by atoms with Gasteiger partial charge in [-0.15, -0.1) is 0 Å². The van der Waals surface area contributed by atoms with Gasteiger partial charge < -0.3 is 9.80 Å². The molecule has 1 fully saturated rings. The Labute approximate surface area is 205 Å². The Morgan fingerprint density at radius 1 is 0.935 bits per heavy atom. The molecule has 1 saturated heterocycles. The normalized spacial score (nSPS) is 16.5. The average Bonchev–Trinajstić information content (AvgIpc) is 2.76. The average molecular weight is 539 g/mol. The molecule has 1 heterocycles. The predicted octanol–water partition coefficient (Wildman–Crippen LogP) is 7.04. The van der Waals surface area contributed by atoms with Crippen LogP contribution in [0.25, 0.3) is 0 Å². The molecule has 4 rings (SSSR count). The van der Waals surface area contributed by atoms with Crippen LogP contribution in [0.3, 0.4) is 0 Å². The van der Waals surface area contributed by atoms with Crippen molar-refractivity contribution in [3.63, 3.8) is 0 Å². The maximum absolute atomic E-state index is 13.1. The van der Waals surface area contributed by atoms with Gasteiger partial charge in [-0.2, -0.15) is 0 Å². The Balaban J connectivity index is 1.61. The van der Waals surface area contributed by atoms with Crippen LogP contribution in [0.15, 0.2) is 71.2 Å². The summed E-state index contributed by atoms with van der Waals surface area (Å²) < 4.78 is 0.948. The molecule has 0 bridgehead atoms. The van der Waals surface area contributed by atoms with Crippen LogP contribution in [0, 0.1) is 0 Å². The van der Waals surface area contributed by atoms with E-state index in [-0.39, 0.29) is 11.9 Å². The standard InChI is InChI=1S/C24H20BrCl3N2O/c25-20-4-2-1-3-17(20)13-24(31)29-11-12-30(22-10-9-19(27)14-21(22)28)23(15-29)16-5-7-18(26)8-6-16/h1-10,14,23H,11-13,15H2. The third kappa shape index (κ3) is 5.20. The van der Waals surface area contributed by atoms with E-state index in [1.807, 2.05) is 65.6 Å². The van der Waals surface area contributed by atoms with Crippen LogP contribution in [0.5, 0.6) is 0 Å². The smallest absolute Gasteiger partial charge is 0.227 e. The third-order valence-electron chi connectivity index (χ3n) is 5.51. The summed E-state index contributed by atoms with van der Waals surface area (Å²) in [5.74, 6) is 0.104. The summed E-state index contributed by atoms with van der Waals surface area (Å²) in [5.41, 5.74) is 2.97. The Bertz CT molecular complexity index is 1090. The van der Waals surface area contributed by atoms with E-state index >= 15 is 0 Å². The van der Waals surface area contributed by atoms with Crippen LogP contribution in [-0.4, -0.2) is 30.4 Å². The second-order valence-electron chi connectivity index (χ2n) is 7.46. The van der Waals surface area contributed by atoms with Crippen molar-refractivity contribution in [1.82, 2.24) is 4.90 Å². The number of carbonyl (C=O) groups excluding carboxylic acids is 1. The summed E-state index contributed by atoms with van der Waals surface area (Å²) in [5, 5.41) is 1.87. The van der Waals surface area contributed by atoms with Gasteiger partial charge in [0.05, 0.1) is 23.2 Å². The molecule has 0 saturated carbocycles. The monoisotopic (exact) mass is 536 g/mol. The summed E-state index contributed by atoms with van der Waals surface area (Å²) >= 11 is 22.3. The second-order valence-corrected chi connectivity index (χ2v) is 9.60. The number of carbonyl (C=O) groups is 1. The van der Waals surface area contributed by atoms with Gasteiger partial charge in [0.1, 0.15) is 0 Å². The highest BCUT2D eigenvalue weighted by Crippen LogP contribution is 2.37. The van der Waals surface area contributed by atoms with Gasteiger partial charge in [-0.1, -0.05) is 81.1 Å². The predicted molar refractivity (Wildman–Crippen MR) is 132 cm³/mol. The van der Waals surface area contributed by atoms with Gasteiger partial charge in [-0.3, -0.25) is 4.79 Å². The van der Waals surface area contributed by atoms with Gasteiger partial charge in [-0.25, -0.2) is 0 Å². The molecule has 0 spiro atoms. The van der Waals surface area contributed by atoms with Gasteiger partial charge in [0, 0.05) is 34.2 Å². The van der Waals surface area contributed by atoms with E-state index in [0.29, 0.717) is 41.1 Å². The number of hydrogen-bond donors (Lipinski definition) is 0. The van der Waals surface area contributed by atoms with E-state index in [0.717, 1.165) is 21.3 Å². The zero-order chi connectivity index (χ0) is 22.0. The molecule has 160 valence electrons. The highest BCUT2D eigenvalue weighted by Gasteiger charge is 2.32. The summed E-state index contributed by atoms with van der Waals surface area (Å²) in [6, 6.07) is 21.1. The molecule has 1 aliphatic heterocycles. The lowest BCUT2D eigenvalue weighted by Crippen LogP contribution is -2.51. The number of halogens is 4. The first-order valence-corrected chi connectivity index (χ1v) is 11.8. The molecular formula is C24H20BrCl3N2O. The minimum atomic E-state index is -0.0483. The van der Waals surface area contributed by atoms with Crippen LogP contribution < -0.4 is 4.90 Å². The van der Waals surface area contributed by atoms with Crippen LogP contribution in [0.4, 0.5) is 5.69 Å². The maximum atomic E-state index is 13.1.